The van der Waals surface area contributed by atoms with Gasteiger partial charge in [0.25, 0.3) is 5.91 Å². The first-order valence-corrected chi connectivity index (χ1v) is 8.47. The van der Waals surface area contributed by atoms with Gasteiger partial charge in [-0.25, -0.2) is 9.59 Å². The number of phenolic OH excluding ortho intramolecular Hbond substituents is 1. The fraction of sp³-hybridized carbons (Fsp3) is 0.0952. The van der Waals surface area contributed by atoms with Crippen molar-refractivity contribution in [3.8, 4) is 5.75 Å². The number of hydrogen-bond acceptors (Lipinski definition) is 4. The van der Waals surface area contributed by atoms with Gasteiger partial charge in [0.1, 0.15) is 5.75 Å². The Balaban J connectivity index is 2.11. The van der Waals surface area contributed by atoms with Crippen molar-refractivity contribution in [2.45, 2.75) is 6.92 Å². The summed E-state index contributed by atoms with van der Waals surface area (Å²) >= 11 is 0. The monoisotopic (exact) mass is 379 g/mol. The van der Waals surface area contributed by atoms with Crippen LogP contribution in [-0.2, 0) is 0 Å². The Hall–Kier alpha value is -3.87. The third-order valence-electron chi connectivity index (χ3n) is 4.42. The molecule has 0 saturated heterocycles. The molecule has 7 nitrogen and oxygen atoms in total. The van der Waals surface area contributed by atoms with E-state index in [1.807, 2.05) is 6.07 Å². The second-order valence-corrected chi connectivity index (χ2v) is 6.11. The van der Waals surface area contributed by atoms with E-state index < -0.39 is 17.8 Å². The van der Waals surface area contributed by atoms with Gasteiger partial charge in [0.05, 0.1) is 16.7 Å². The van der Waals surface area contributed by atoms with Gasteiger partial charge < -0.3 is 20.2 Å². The van der Waals surface area contributed by atoms with Gasteiger partial charge in [0.15, 0.2) is 0 Å². The van der Waals surface area contributed by atoms with Gasteiger partial charge >= 0.3 is 11.9 Å². The molecule has 0 aliphatic carbocycles. The van der Waals surface area contributed by atoms with Gasteiger partial charge in [0.2, 0.25) is 0 Å². The molecule has 0 spiro atoms. The summed E-state index contributed by atoms with van der Waals surface area (Å²) in [4.78, 5) is 37.0. The lowest BCUT2D eigenvalue weighted by molar-refractivity contribution is 0.0696. The molecule has 0 aliphatic heterocycles. The Morgan fingerprint density at radius 2 is 1.50 bits per heavy atom. The molecule has 0 bridgehead atoms. The fourth-order valence-electron chi connectivity index (χ4n) is 3.03. The minimum absolute atomic E-state index is 0.0400. The lowest BCUT2D eigenvalue weighted by atomic mass is 10.0. The number of fused-ring (bicyclic) bond motifs is 1. The van der Waals surface area contributed by atoms with E-state index in [9.17, 15) is 29.7 Å². The summed E-state index contributed by atoms with van der Waals surface area (Å²) in [6.45, 7) is 1.82. The van der Waals surface area contributed by atoms with Gasteiger partial charge in [-0.2, -0.15) is 0 Å². The fourth-order valence-corrected chi connectivity index (χ4v) is 3.03. The number of hydrogen-bond donors (Lipinski definition) is 3. The molecule has 0 aromatic heterocycles. The van der Waals surface area contributed by atoms with E-state index in [0.29, 0.717) is 5.39 Å². The van der Waals surface area contributed by atoms with Crippen LogP contribution in [0.15, 0.2) is 54.6 Å². The number of carboxylic acid groups (broad SMARTS) is 2. The Morgan fingerprint density at radius 3 is 2.07 bits per heavy atom. The normalized spacial score (nSPS) is 10.6. The second-order valence-electron chi connectivity index (χ2n) is 6.11. The maximum Gasteiger partial charge on any atom is 0.335 e. The van der Waals surface area contributed by atoms with Crippen molar-refractivity contribution in [2.75, 3.05) is 11.4 Å². The van der Waals surface area contributed by atoms with Crippen molar-refractivity contribution in [3.05, 3.63) is 71.3 Å². The molecule has 0 fully saturated rings. The summed E-state index contributed by atoms with van der Waals surface area (Å²) in [5.74, 6) is -3.36. The molecule has 1 amide bonds. The average Bonchev–Trinajstić information content (AvgIpc) is 2.68. The van der Waals surface area contributed by atoms with Crippen molar-refractivity contribution in [2.24, 2.45) is 0 Å². The maximum atomic E-state index is 13.1. The highest BCUT2D eigenvalue weighted by Crippen LogP contribution is 2.31. The van der Waals surface area contributed by atoms with E-state index >= 15 is 0 Å². The van der Waals surface area contributed by atoms with Crippen LogP contribution < -0.4 is 4.90 Å². The topological polar surface area (TPSA) is 115 Å². The molecule has 7 heteroatoms. The number of carbonyl (C=O) groups excluding carboxylic acids is 1. The van der Waals surface area contributed by atoms with Crippen LogP contribution in [0.2, 0.25) is 0 Å². The third-order valence-corrected chi connectivity index (χ3v) is 4.42. The number of carboxylic acids is 2. The molecule has 3 aromatic carbocycles. The number of amides is 1. The van der Waals surface area contributed by atoms with Gasteiger partial charge in [-0.15, -0.1) is 0 Å². The van der Waals surface area contributed by atoms with E-state index in [0.717, 1.165) is 11.5 Å². The standard InChI is InChI=1S/C21H17NO6/c1-2-22(15-10-13(20(25)26)9-14(11-15)21(27)28)19(24)17-8-7-12-5-3-4-6-16(12)18(17)23/h3-11,23H,2H2,1H3,(H,25,26)(H,27,28). The summed E-state index contributed by atoms with van der Waals surface area (Å²) in [6, 6.07) is 13.7. The summed E-state index contributed by atoms with van der Waals surface area (Å²) in [5.41, 5.74) is -0.330. The van der Waals surface area contributed by atoms with Crippen LogP contribution in [0.4, 0.5) is 5.69 Å². The zero-order valence-corrected chi connectivity index (χ0v) is 14.9. The Labute approximate surface area is 160 Å². The molecular formula is C21H17NO6. The van der Waals surface area contributed by atoms with E-state index in [2.05, 4.69) is 0 Å². The minimum atomic E-state index is -1.30. The quantitative estimate of drug-likeness (QED) is 0.624. The number of benzene rings is 3. The Kier molecular flexibility index (Phi) is 5.00. The highest BCUT2D eigenvalue weighted by atomic mass is 16.4. The summed E-state index contributed by atoms with van der Waals surface area (Å²) in [6.07, 6.45) is 0. The lowest BCUT2D eigenvalue weighted by Crippen LogP contribution is -2.31. The summed E-state index contributed by atoms with van der Waals surface area (Å²) in [7, 11) is 0. The third kappa shape index (κ3) is 3.37. The molecule has 0 aliphatic rings. The van der Waals surface area contributed by atoms with E-state index in [1.165, 1.54) is 23.1 Å². The van der Waals surface area contributed by atoms with Gasteiger partial charge in [-0.1, -0.05) is 30.3 Å². The lowest BCUT2D eigenvalue weighted by Gasteiger charge is -2.23. The molecule has 0 saturated carbocycles. The van der Waals surface area contributed by atoms with Crippen molar-refractivity contribution in [3.63, 3.8) is 0 Å². The number of anilines is 1. The molecule has 3 aromatic rings. The predicted molar refractivity (Wildman–Crippen MR) is 103 cm³/mol. The first-order valence-electron chi connectivity index (χ1n) is 8.47. The van der Waals surface area contributed by atoms with Crippen molar-refractivity contribution in [1.82, 2.24) is 0 Å². The van der Waals surface area contributed by atoms with Crippen LogP contribution in [0.1, 0.15) is 38.0 Å². The van der Waals surface area contributed by atoms with Gasteiger partial charge in [-0.3, -0.25) is 4.79 Å². The largest absolute Gasteiger partial charge is 0.506 e. The molecular weight excluding hydrogens is 362 g/mol. The smallest absolute Gasteiger partial charge is 0.335 e. The van der Waals surface area contributed by atoms with E-state index in [-0.39, 0.29) is 34.7 Å². The number of nitrogens with zero attached hydrogens (tertiary/aromatic N) is 1. The number of carbonyl (C=O) groups is 3. The summed E-state index contributed by atoms with van der Waals surface area (Å²) < 4.78 is 0. The highest BCUT2D eigenvalue weighted by Gasteiger charge is 2.23. The molecule has 0 heterocycles. The number of aromatic hydroxyl groups is 1. The molecule has 3 rings (SSSR count). The molecule has 142 valence electrons. The maximum absolute atomic E-state index is 13.1. The zero-order chi connectivity index (χ0) is 20.4. The SMILES string of the molecule is CCN(C(=O)c1ccc2ccccc2c1O)c1cc(C(=O)O)cc(C(=O)O)c1. The van der Waals surface area contributed by atoms with Crippen molar-refractivity contribution < 1.29 is 29.7 Å². The molecule has 3 N–H and O–H groups in total. The second kappa shape index (κ2) is 7.40. The number of rotatable bonds is 5. The average molecular weight is 379 g/mol. The van der Waals surface area contributed by atoms with Crippen molar-refractivity contribution in [1.29, 1.82) is 0 Å². The number of phenols is 1. The molecule has 28 heavy (non-hydrogen) atoms. The molecule has 0 atom stereocenters. The highest BCUT2D eigenvalue weighted by molar-refractivity contribution is 6.11. The van der Waals surface area contributed by atoms with Crippen LogP contribution >= 0.6 is 0 Å². The first kappa shape index (κ1) is 18.9. The van der Waals surface area contributed by atoms with Crippen LogP contribution in [0.25, 0.3) is 10.8 Å². The molecule has 0 unspecified atom stereocenters. The summed E-state index contributed by atoms with van der Waals surface area (Å²) in [5, 5.41) is 30.3. The number of aromatic carboxylic acids is 2. The van der Waals surface area contributed by atoms with Crippen LogP contribution in [0.3, 0.4) is 0 Å². The predicted octanol–water partition coefficient (Wildman–Crippen LogP) is 3.61. The van der Waals surface area contributed by atoms with Crippen molar-refractivity contribution >= 4 is 34.3 Å². The minimum Gasteiger partial charge on any atom is -0.506 e. The van der Waals surface area contributed by atoms with E-state index in [4.69, 9.17) is 0 Å². The van der Waals surface area contributed by atoms with Gasteiger partial charge in [0, 0.05) is 17.6 Å². The zero-order valence-electron chi connectivity index (χ0n) is 14.9. The van der Waals surface area contributed by atoms with Gasteiger partial charge in [-0.05, 0) is 36.6 Å². The Bertz CT molecular complexity index is 1070. The van der Waals surface area contributed by atoms with E-state index in [1.54, 1.807) is 31.2 Å². The van der Waals surface area contributed by atoms with Crippen LogP contribution in [0.5, 0.6) is 5.75 Å². The van der Waals surface area contributed by atoms with Crippen LogP contribution in [-0.4, -0.2) is 39.7 Å². The Morgan fingerprint density at radius 1 is 0.893 bits per heavy atom. The molecule has 0 radical (unpaired) electrons. The van der Waals surface area contributed by atoms with Crippen LogP contribution in [0, 0.1) is 0 Å². The first-order chi connectivity index (χ1) is 13.3.